The van der Waals surface area contributed by atoms with Gasteiger partial charge in [0.15, 0.2) is 11.6 Å². The molecule has 10 heteroatoms. The number of rotatable bonds is 3. The predicted molar refractivity (Wildman–Crippen MR) is 97.4 cm³/mol. The van der Waals surface area contributed by atoms with Crippen LogP contribution >= 0.6 is 11.3 Å². The maximum Gasteiger partial charge on any atom is 0.264 e. The zero-order valence-electron chi connectivity index (χ0n) is 14.9. The lowest BCUT2D eigenvalue weighted by atomic mass is 10.0. The number of aromatic amines is 1. The van der Waals surface area contributed by atoms with Crippen LogP contribution in [0.25, 0.3) is 11.5 Å². The van der Waals surface area contributed by atoms with E-state index >= 15 is 0 Å². The van der Waals surface area contributed by atoms with Crippen LogP contribution in [0.3, 0.4) is 0 Å². The highest BCUT2D eigenvalue weighted by atomic mass is 32.1. The number of likely N-dealkylation sites (tertiary alicyclic amines) is 1. The van der Waals surface area contributed by atoms with Crippen LogP contribution in [0.15, 0.2) is 20.9 Å². The fourth-order valence-electron chi connectivity index (χ4n) is 3.18. The first kappa shape index (κ1) is 17.5. The number of nitrogens with one attached hydrogen (secondary N) is 1. The van der Waals surface area contributed by atoms with Crippen molar-refractivity contribution in [3.8, 4) is 11.5 Å². The summed E-state index contributed by atoms with van der Waals surface area (Å²) in [6.45, 7) is 4.13. The molecule has 27 heavy (non-hydrogen) atoms. The second-order valence-electron chi connectivity index (χ2n) is 6.42. The van der Waals surface area contributed by atoms with E-state index in [1.54, 1.807) is 11.8 Å². The van der Waals surface area contributed by atoms with Crippen LogP contribution in [0.4, 0.5) is 0 Å². The van der Waals surface area contributed by atoms with E-state index in [1.165, 1.54) is 17.5 Å². The second kappa shape index (κ2) is 7.03. The normalized spacial score (nSPS) is 17.3. The minimum Gasteiger partial charge on any atom is -0.337 e. The molecule has 4 heterocycles. The molecule has 1 atom stereocenters. The number of carbonyl (C=O) groups is 1. The van der Waals surface area contributed by atoms with E-state index in [9.17, 15) is 9.59 Å². The lowest BCUT2D eigenvalue weighted by Gasteiger charge is -2.33. The standard InChI is InChI=1S/C17H18N6O3S/c1-9-19-16(26-22-9)13-5-3-4-6-23(13)17(25)11-7-18-14(21-15(11)24)12-8-27-10(2)20-12/h7-8,13H,3-6H2,1-2H3,(H,18,21,24)/t13-/m1/s1. The second-order valence-corrected chi connectivity index (χ2v) is 7.48. The van der Waals surface area contributed by atoms with Crippen molar-refractivity contribution >= 4 is 17.2 Å². The quantitative estimate of drug-likeness (QED) is 0.733. The van der Waals surface area contributed by atoms with Crippen LogP contribution in [0.1, 0.15) is 52.4 Å². The number of hydrogen-bond acceptors (Lipinski definition) is 8. The molecule has 0 radical (unpaired) electrons. The molecule has 0 saturated carbocycles. The Balaban J connectivity index is 1.64. The van der Waals surface area contributed by atoms with Gasteiger partial charge in [0, 0.05) is 18.1 Å². The lowest BCUT2D eigenvalue weighted by molar-refractivity contribution is 0.0559. The van der Waals surface area contributed by atoms with E-state index in [2.05, 4.69) is 25.1 Å². The highest BCUT2D eigenvalue weighted by Gasteiger charge is 2.33. The molecule has 0 unspecified atom stereocenters. The molecule has 4 rings (SSSR count). The van der Waals surface area contributed by atoms with Crippen LogP contribution < -0.4 is 5.56 Å². The molecular formula is C17H18N6O3S. The van der Waals surface area contributed by atoms with Crippen LogP contribution in [0.2, 0.25) is 0 Å². The highest BCUT2D eigenvalue weighted by molar-refractivity contribution is 7.09. The van der Waals surface area contributed by atoms with Crippen molar-refractivity contribution in [1.82, 2.24) is 30.0 Å². The molecule has 1 fully saturated rings. The molecule has 0 bridgehead atoms. The van der Waals surface area contributed by atoms with E-state index in [0.29, 0.717) is 29.8 Å². The fraction of sp³-hybridized carbons (Fsp3) is 0.412. The average molecular weight is 386 g/mol. The molecule has 0 aliphatic carbocycles. The van der Waals surface area contributed by atoms with Gasteiger partial charge in [-0.15, -0.1) is 11.3 Å². The highest BCUT2D eigenvalue weighted by Crippen LogP contribution is 2.30. The molecule has 3 aromatic heterocycles. The van der Waals surface area contributed by atoms with Crippen LogP contribution in [0.5, 0.6) is 0 Å². The number of nitrogens with zero attached hydrogens (tertiary/aromatic N) is 5. The van der Waals surface area contributed by atoms with E-state index in [4.69, 9.17) is 4.52 Å². The first-order chi connectivity index (χ1) is 13.0. The molecule has 1 amide bonds. The summed E-state index contributed by atoms with van der Waals surface area (Å²) in [5, 5.41) is 6.50. The molecule has 140 valence electrons. The molecule has 1 saturated heterocycles. The van der Waals surface area contributed by atoms with Crippen LogP contribution in [-0.4, -0.2) is 42.4 Å². The van der Waals surface area contributed by atoms with E-state index in [-0.39, 0.29) is 17.5 Å². The third kappa shape index (κ3) is 3.39. The van der Waals surface area contributed by atoms with Gasteiger partial charge in [0.1, 0.15) is 17.3 Å². The van der Waals surface area contributed by atoms with Crippen molar-refractivity contribution in [2.24, 2.45) is 0 Å². The van der Waals surface area contributed by atoms with Crippen molar-refractivity contribution in [2.75, 3.05) is 6.54 Å². The van der Waals surface area contributed by atoms with Gasteiger partial charge in [0.25, 0.3) is 11.5 Å². The first-order valence-corrected chi connectivity index (χ1v) is 9.54. The van der Waals surface area contributed by atoms with Crippen molar-refractivity contribution in [3.05, 3.63) is 44.2 Å². The zero-order chi connectivity index (χ0) is 19.0. The summed E-state index contributed by atoms with van der Waals surface area (Å²) in [4.78, 5) is 42.6. The molecular weight excluding hydrogens is 368 g/mol. The lowest BCUT2D eigenvalue weighted by Crippen LogP contribution is -2.41. The molecule has 9 nitrogen and oxygen atoms in total. The van der Waals surface area contributed by atoms with Crippen LogP contribution in [0, 0.1) is 13.8 Å². The summed E-state index contributed by atoms with van der Waals surface area (Å²) in [5.41, 5.74) is 0.0984. The minimum atomic E-state index is -0.485. The monoisotopic (exact) mass is 386 g/mol. The van der Waals surface area contributed by atoms with Gasteiger partial charge in [-0.3, -0.25) is 9.59 Å². The molecule has 1 aliphatic heterocycles. The number of carbonyl (C=O) groups excluding carboxylic acids is 1. The Bertz CT molecular complexity index is 1040. The third-order valence-corrected chi connectivity index (χ3v) is 5.26. The molecule has 0 spiro atoms. The van der Waals surface area contributed by atoms with Gasteiger partial charge in [0.2, 0.25) is 5.89 Å². The molecule has 3 aromatic rings. The average Bonchev–Trinajstić information content (AvgIpc) is 3.29. The summed E-state index contributed by atoms with van der Waals surface area (Å²) in [5.74, 6) is 0.888. The Morgan fingerprint density at radius 3 is 2.85 bits per heavy atom. The number of H-pyrrole nitrogens is 1. The zero-order valence-corrected chi connectivity index (χ0v) is 15.7. The Morgan fingerprint density at radius 1 is 1.33 bits per heavy atom. The van der Waals surface area contributed by atoms with Crippen molar-refractivity contribution in [1.29, 1.82) is 0 Å². The number of aromatic nitrogens is 5. The predicted octanol–water partition coefficient (Wildman–Crippen LogP) is 2.26. The number of thiazole rings is 1. The molecule has 1 aliphatic rings. The number of amides is 1. The Kier molecular flexibility index (Phi) is 4.56. The third-order valence-electron chi connectivity index (χ3n) is 4.48. The maximum atomic E-state index is 13.0. The van der Waals surface area contributed by atoms with Gasteiger partial charge < -0.3 is 14.4 Å². The van der Waals surface area contributed by atoms with Crippen molar-refractivity contribution in [2.45, 2.75) is 39.2 Å². The summed E-state index contributed by atoms with van der Waals surface area (Å²) >= 11 is 1.47. The van der Waals surface area contributed by atoms with Gasteiger partial charge in [-0.25, -0.2) is 9.97 Å². The summed E-state index contributed by atoms with van der Waals surface area (Å²) in [6, 6.07) is -0.326. The minimum absolute atomic E-state index is 0.00570. The van der Waals surface area contributed by atoms with E-state index < -0.39 is 5.56 Å². The largest absolute Gasteiger partial charge is 0.337 e. The summed E-state index contributed by atoms with van der Waals surface area (Å²) < 4.78 is 5.27. The summed E-state index contributed by atoms with van der Waals surface area (Å²) in [6.07, 6.45) is 3.84. The van der Waals surface area contributed by atoms with Gasteiger partial charge in [-0.2, -0.15) is 4.98 Å². The number of hydrogen-bond donors (Lipinski definition) is 1. The Morgan fingerprint density at radius 2 is 2.19 bits per heavy atom. The van der Waals surface area contributed by atoms with Gasteiger partial charge >= 0.3 is 0 Å². The van der Waals surface area contributed by atoms with Crippen molar-refractivity contribution < 1.29 is 9.32 Å². The van der Waals surface area contributed by atoms with Gasteiger partial charge in [-0.1, -0.05) is 5.16 Å². The van der Waals surface area contributed by atoms with Gasteiger partial charge in [-0.05, 0) is 33.1 Å². The fourth-order valence-corrected chi connectivity index (χ4v) is 3.78. The number of aryl methyl sites for hydroxylation is 2. The van der Waals surface area contributed by atoms with Gasteiger partial charge in [0.05, 0.1) is 5.01 Å². The molecule has 0 aromatic carbocycles. The Hall–Kier alpha value is -2.88. The topological polar surface area (TPSA) is 118 Å². The smallest absolute Gasteiger partial charge is 0.264 e. The van der Waals surface area contributed by atoms with E-state index in [0.717, 1.165) is 24.3 Å². The number of piperidine rings is 1. The first-order valence-electron chi connectivity index (χ1n) is 8.66. The van der Waals surface area contributed by atoms with Crippen LogP contribution in [-0.2, 0) is 0 Å². The SMILES string of the molecule is Cc1noc([C@H]2CCCCN2C(=O)c2cnc(-c3csc(C)n3)[nH]c2=O)n1. The Labute approximate surface area is 158 Å². The maximum absolute atomic E-state index is 13.0. The van der Waals surface area contributed by atoms with E-state index in [1.807, 2.05) is 12.3 Å². The van der Waals surface area contributed by atoms with Crippen molar-refractivity contribution in [3.63, 3.8) is 0 Å². The summed E-state index contributed by atoms with van der Waals surface area (Å²) in [7, 11) is 0. The molecule has 1 N–H and O–H groups in total.